The van der Waals surface area contributed by atoms with Crippen LogP contribution in [0.15, 0.2) is 22.6 Å². The highest BCUT2D eigenvalue weighted by Crippen LogP contribution is 2.31. The van der Waals surface area contributed by atoms with Gasteiger partial charge in [0.25, 0.3) is 0 Å². The van der Waals surface area contributed by atoms with Crippen molar-refractivity contribution >= 4 is 17.6 Å². The smallest absolute Gasteiger partial charge is 0.376 e. The Bertz CT molecular complexity index is 639. The predicted molar refractivity (Wildman–Crippen MR) is 72.2 cm³/mol. The number of ether oxygens (including phenoxy) is 1. The van der Waals surface area contributed by atoms with Crippen molar-refractivity contribution in [3.63, 3.8) is 0 Å². The highest BCUT2D eigenvalue weighted by molar-refractivity contribution is 6.33. The SMILES string of the molecule is CCCc1nc(-c2cccc(F)c2Cl)oc1C(=O)OC. The molecule has 0 aliphatic heterocycles. The lowest BCUT2D eigenvalue weighted by atomic mass is 10.2. The molecule has 0 amide bonds. The van der Waals surface area contributed by atoms with Crippen LogP contribution >= 0.6 is 11.6 Å². The summed E-state index contributed by atoms with van der Waals surface area (Å²) in [5.41, 5.74) is 0.786. The van der Waals surface area contributed by atoms with Crippen LogP contribution in [0, 0.1) is 5.82 Å². The number of aromatic nitrogens is 1. The van der Waals surface area contributed by atoms with Crippen LogP contribution in [0.3, 0.4) is 0 Å². The quantitative estimate of drug-likeness (QED) is 0.804. The summed E-state index contributed by atoms with van der Waals surface area (Å²) < 4.78 is 23.5. The number of halogens is 2. The van der Waals surface area contributed by atoms with Gasteiger partial charge in [-0.2, -0.15) is 0 Å². The van der Waals surface area contributed by atoms with Gasteiger partial charge in [-0.1, -0.05) is 31.0 Å². The number of methoxy groups -OCH3 is 1. The third kappa shape index (κ3) is 2.67. The molecule has 6 heteroatoms. The molecule has 20 heavy (non-hydrogen) atoms. The minimum Gasteiger partial charge on any atom is -0.463 e. The minimum atomic E-state index is -0.611. The fourth-order valence-electron chi connectivity index (χ4n) is 1.79. The Hall–Kier alpha value is -1.88. The molecule has 4 nitrogen and oxygen atoms in total. The number of carbonyl (C=O) groups is 1. The van der Waals surface area contributed by atoms with Crippen molar-refractivity contribution in [1.29, 1.82) is 0 Å². The largest absolute Gasteiger partial charge is 0.463 e. The molecule has 0 atom stereocenters. The third-order valence-corrected chi connectivity index (χ3v) is 3.12. The Morgan fingerprint density at radius 1 is 1.50 bits per heavy atom. The van der Waals surface area contributed by atoms with Gasteiger partial charge in [0.15, 0.2) is 0 Å². The van der Waals surface area contributed by atoms with Crippen molar-refractivity contribution in [2.75, 3.05) is 7.11 Å². The van der Waals surface area contributed by atoms with Crippen molar-refractivity contribution in [3.05, 3.63) is 40.5 Å². The van der Waals surface area contributed by atoms with Crippen LogP contribution in [0.1, 0.15) is 29.6 Å². The van der Waals surface area contributed by atoms with E-state index in [4.69, 9.17) is 16.0 Å². The van der Waals surface area contributed by atoms with Crippen LogP contribution in [-0.4, -0.2) is 18.1 Å². The minimum absolute atomic E-state index is 0.0321. The van der Waals surface area contributed by atoms with E-state index >= 15 is 0 Å². The lowest BCUT2D eigenvalue weighted by molar-refractivity contribution is 0.0564. The Kier molecular flexibility index (Phi) is 4.39. The van der Waals surface area contributed by atoms with Gasteiger partial charge in [-0.25, -0.2) is 14.2 Å². The van der Waals surface area contributed by atoms with Crippen molar-refractivity contribution in [3.8, 4) is 11.5 Å². The zero-order chi connectivity index (χ0) is 14.7. The molecular weight excluding hydrogens is 285 g/mol. The topological polar surface area (TPSA) is 52.3 Å². The molecule has 0 unspecified atom stereocenters. The summed E-state index contributed by atoms with van der Waals surface area (Å²) in [6.07, 6.45) is 1.34. The number of esters is 1. The number of hydrogen-bond donors (Lipinski definition) is 0. The third-order valence-electron chi connectivity index (χ3n) is 2.74. The van der Waals surface area contributed by atoms with Gasteiger partial charge in [0.05, 0.1) is 23.4 Å². The highest BCUT2D eigenvalue weighted by Gasteiger charge is 2.22. The number of hydrogen-bond acceptors (Lipinski definition) is 4. The summed E-state index contributed by atoms with van der Waals surface area (Å²) in [5.74, 6) is -1.04. The van der Waals surface area contributed by atoms with Crippen molar-refractivity contribution in [1.82, 2.24) is 4.98 Å². The summed E-state index contributed by atoms with van der Waals surface area (Å²) >= 11 is 5.89. The molecule has 2 aromatic rings. The van der Waals surface area contributed by atoms with Gasteiger partial charge in [-0.3, -0.25) is 0 Å². The summed E-state index contributed by atoms with van der Waals surface area (Å²) in [6.45, 7) is 1.95. The van der Waals surface area contributed by atoms with E-state index in [1.807, 2.05) is 6.92 Å². The van der Waals surface area contributed by atoms with Crippen LogP contribution in [0.5, 0.6) is 0 Å². The molecule has 2 rings (SSSR count). The van der Waals surface area contributed by atoms with Gasteiger partial charge in [-0.15, -0.1) is 0 Å². The lowest BCUT2D eigenvalue weighted by Crippen LogP contribution is -2.03. The molecule has 0 radical (unpaired) electrons. The zero-order valence-electron chi connectivity index (χ0n) is 11.1. The molecular formula is C14H13ClFNO3. The molecule has 106 valence electrons. The highest BCUT2D eigenvalue weighted by atomic mass is 35.5. The molecule has 0 saturated carbocycles. The number of rotatable bonds is 4. The fraction of sp³-hybridized carbons (Fsp3) is 0.286. The maximum Gasteiger partial charge on any atom is 0.376 e. The molecule has 0 spiro atoms. The van der Waals surface area contributed by atoms with Crippen LogP contribution in [0.4, 0.5) is 4.39 Å². The van der Waals surface area contributed by atoms with Crippen LogP contribution in [0.2, 0.25) is 5.02 Å². The molecule has 0 N–H and O–H groups in total. The predicted octanol–water partition coefficient (Wildman–Crippen LogP) is 3.87. The monoisotopic (exact) mass is 297 g/mol. The van der Waals surface area contributed by atoms with Gasteiger partial charge in [0.1, 0.15) is 5.82 Å². The first-order chi connectivity index (χ1) is 9.58. The Morgan fingerprint density at radius 3 is 2.90 bits per heavy atom. The normalized spacial score (nSPS) is 10.6. The average Bonchev–Trinajstić information content (AvgIpc) is 2.85. The Morgan fingerprint density at radius 2 is 2.25 bits per heavy atom. The van der Waals surface area contributed by atoms with E-state index in [0.29, 0.717) is 17.7 Å². The van der Waals surface area contributed by atoms with E-state index in [1.165, 1.54) is 19.2 Å². The van der Waals surface area contributed by atoms with E-state index in [-0.39, 0.29) is 16.7 Å². The van der Waals surface area contributed by atoms with Crippen LogP contribution in [0.25, 0.3) is 11.5 Å². The van der Waals surface area contributed by atoms with Crippen molar-refractivity contribution in [2.45, 2.75) is 19.8 Å². The van der Waals surface area contributed by atoms with E-state index in [0.717, 1.165) is 6.42 Å². The second-order valence-corrected chi connectivity index (χ2v) is 4.52. The standard InChI is InChI=1S/C14H13ClFNO3/c1-3-5-10-12(14(18)19-2)20-13(17-10)8-6-4-7-9(16)11(8)15/h4,6-7H,3,5H2,1-2H3. The van der Waals surface area contributed by atoms with Gasteiger partial charge in [-0.05, 0) is 18.6 Å². The Labute approximate surface area is 120 Å². The summed E-state index contributed by atoms with van der Waals surface area (Å²) in [6, 6.07) is 4.31. The average molecular weight is 298 g/mol. The van der Waals surface area contributed by atoms with Gasteiger partial charge in [0, 0.05) is 0 Å². The van der Waals surface area contributed by atoms with E-state index in [2.05, 4.69) is 9.72 Å². The second kappa shape index (κ2) is 6.05. The molecule has 1 heterocycles. The summed E-state index contributed by atoms with van der Waals surface area (Å²) in [4.78, 5) is 15.9. The molecule has 0 bridgehead atoms. The number of oxazole rings is 1. The first-order valence-corrected chi connectivity index (χ1v) is 6.48. The van der Waals surface area contributed by atoms with Crippen LogP contribution in [-0.2, 0) is 11.2 Å². The van der Waals surface area contributed by atoms with Crippen molar-refractivity contribution < 1.29 is 18.3 Å². The molecule has 0 aliphatic rings. The fourth-order valence-corrected chi connectivity index (χ4v) is 2.00. The summed E-state index contributed by atoms with van der Waals surface area (Å²) in [5, 5.41) is -0.0896. The number of benzene rings is 1. The Balaban J connectivity index is 2.52. The number of aryl methyl sites for hydroxylation is 1. The first-order valence-electron chi connectivity index (χ1n) is 6.10. The molecule has 1 aromatic carbocycles. The van der Waals surface area contributed by atoms with Crippen molar-refractivity contribution in [2.24, 2.45) is 0 Å². The lowest BCUT2D eigenvalue weighted by Gasteiger charge is -1.99. The maximum atomic E-state index is 13.5. The molecule has 0 saturated heterocycles. The van der Waals surface area contributed by atoms with E-state index in [9.17, 15) is 9.18 Å². The van der Waals surface area contributed by atoms with E-state index in [1.54, 1.807) is 6.07 Å². The number of nitrogens with zero attached hydrogens (tertiary/aromatic N) is 1. The van der Waals surface area contributed by atoms with Crippen LogP contribution < -0.4 is 0 Å². The molecule has 0 aliphatic carbocycles. The maximum absolute atomic E-state index is 13.5. The first kappa shape index (κ1) is 14.5. The molecule has 0 fully saturated rings. The summed E-state index contributed by atoms with van der Waals surface area (Å²) in [7, 11) is 1.26. The van der Waals surface area contributed by atoms with Gasteiger partial charge < -0.3 is 9.15 Å². The zero-order valence-corrected chi connectivity index (χ0v) is 11.8. The second-order valence-electron chi connectivity index (χ2n) is 4.14. The molecule has 1 aromatic heterocycles. The number of carbonyl (C=O) groups excluding carboxylic acids is 1. The van der Waals surface area contributed by atoms with Gasteiger partial charge >= 0.3 is 5.97 Å². The van der Waals surface area contributed by atoms with E-state index < -0.39 is 11.8 Å². The van der Waals surface area contributed by atoms with Gasteiger partial charge in [0.2, 0.25) is 11.7 Å².